The van der Waals surface area contributed by atoms with E-state index in [2.05, 4.69) is 31.2 Å². The number of carbonyl (C=O) groups is 2. The Labute approximate surface area is 309 Å². The molecule has 4 aliphatic rings. The van der Waals surface area contributed by atoms with Crippen molar-refractivity contribution in [2.24, 2.45) is 29.2 Å². The summed E-state index contributed by atoms with van der Waals surface area (Å²) in [5, 5.41) is 4.81. The number of rotatable bonds is 4. The minimum absolute atomic E-state index is 0.00293. The molecule has 1 N–H and O–H groups in total. The van der Waals surface area contributed by atoms with Gasteiger partial charge in [0, 0.05) is 55.4 Å². The highest BCUT2D eigenvalue weighted by atomic mass is 35.5. The molecule has 11 nitrogen and oxygen atoms in total. The Kier molecular flexibility index (Phi) is 10.1. The molecule has 1 saturated carbocycles. The number of alkyl halides is 1. The van der Waals surface area contributed by atoms with Gasteiger partial charge in [0.25, 0.3) is 11.8 Å². The van der Waals surface area contributed by atoms with Crippen LogP contribution in [0.2, 0.25) is 5.02 Å². The molecule has 2 bridgehead atoms. The molecular weight excluding hydrogens is 709 g/mol. The molecule has 0 radical (unpaired) electrons. The molecule has 278 valence electrons. The maximum absolute atomic E-state index is 15.8. The fourth-order valence-corrected chi connectivity index (χ4v) is 10.4. The van der Waals surface area contributed by atoms with Gasteiger partial charge in [-0.15, -0.1) is 9.46 Å². The number of benzene rings is 2. The molecular formula is C38H45ClFN5O6S. The number of halogens is 2. The predicted molar refractivity (Wildman–Crippen MR) is 197 cm³/mol. The van der Waals surface area contributed by atoms with Gasteiger partial charge in [-0.3, -0.25) is 19.0 Å². The van der Waals surface area contributed by atoms with E-state index in [0.717, 1.165) is 37.8 Å². The largest absolute Gasteiger partial charge is 0.490 e. The normalized spacial score (nSPS) is 30.8. The Morgan fingerprint density at radius 2 is 2.00 bits per heavy atom. The second-order valence-electron chi connectivity index (χ2n) is 14.7. The van der Waals surface area contributed by atoms with Gasteiger partial charge in [0.1, 0.15) is 27.4 Å². The topological polar surface area (TPSA) is 124 Å². The number of hydrogen-bond donors (Lipinski definition) is 1. The molecule has 14 heteroatoms. The highest BCUT2D eigenvalue weighted by molar-refractivity contribution is 7.92. The summed E-state index contributed by atoms with van der Waals surface area (Å²) in [6.45, 7) is 3.34. The number of aromatic nitrogens is 2. The number of allylic oxidation sites excluding steroid dienone is 1. The van der Waals surface area contributed by atoms with Gasteiger partial charge >= 0.3 is 0 Å². The maximum atomic E-state index is 15.8. The summed E-state index contributed by atoms with van der Waals surface area (Å²) in [5.41, 5.74) is 3.05. The number of nitrogens with one attached hydrogen (secondary N) is 1. The van der Waals surface area contributed by atoms with Crippen LogP contribution >= 0.6 is 11.6 Å². The Morgan fingerprint density at radius 1 is 1.17 bits per heavy atom. The molecule has 52 heavy (non-hydrogen) atoms. The summed E-state index contributed by atoms with van der Waals surface area (Å²) in [7, 11) is 0.736. The first-order chi connectivity index (χ1) is 24.9. The molecule has 1 aromatic heterocycles. The average Bonchev–Trinajstić information content (AvgIpc) is 3.42. The van der Waals surface area contributed by atoms with E-state index < -0.39 is 39.6 Å². The summed E-state index contributed by atoms with van der Waals surface area (Å²) in [6.07, 6.45) is 7.49. The molecule has 7 atom stereocenters. The fraction of sp³-hybridized carbons (Fsp3) is 0.500. The quantitative estimate of drug-likeness (QED) is 0.318. The molecule has 3 aromatic rings. The highest BCUT2D eigenvalue weighted by Crippen LogP contribution is 2.47. The smallest absolute Gasteiger partial charge is 0.286 e. The van der Waals surface area contributed by atoms with Crippen LogP contribution in [0.25, 0.3) is 0 Å². The van der Waals surface area contributed by atoms with E-state index in [4.69, 9.17) is 25.8 Å². The molecule has 7 rings (SSSR count). The number of anilines is 1. The molecule has 2 aliphatic carbocycles. The molecule has 1 spiro atoms. The van der Waals surface area contributed by atoms with Crippen LogP contribution in [0.3, 0.4) is 0 Å². The molecule has 1 fully saturated rings. The number of methoxy groups -OCH3 is 2. The van der Waals surface area contributed by atoms with Crippen molar-refractivity contribution in [1.29, 1.82) is 0 Å². The van der Waals surface area contributed by atoms with Crippen molar-refractivity contribution in [3.8, 4) is 11.6 Å². The molecule has 3 heterocycles. The zero-order valence-corrected chi connectivity index (χ0v) is 31.4. The zero-order valence-electron chi connectivity index (χ0n) is 29.8. The highest BCUT2D eigenvalue weighted by Gasteiger charge is 2.44. The van der Waals surface area contributed by atoms with Gasteiger partial charge in [-0.25, -0.2) is 8.60 Å². The van der Waals surface area contributed by atoms with Crippen molar-refractivity contribution in [3.05, 3.63) is 82.0 Å². The third-order valence-electron chi connectivity index (χ3n) is 11.1. The first-order valence-electron chi connectivity index (χ1n) is 17.8. The van der Waals surface area contributed by atoms with E-state index in [-0.39, 0.29) is 40.4 Å². The van der Waals surface area contributed by atoms with Gasteiger partial charge in [0.15, 0.2) is 0 Å². The van der Waals surface area contributed by atoms with Crippen molar-refractivity contribution >= 4 is 39.0 Å². The Bertz CT molecular complexity index is 2030. The Balaban J connectivity index is 1.32. The van der Waals surface area contributed by atoms with Crippen molar-refractivity contribution in [2.75, 3.05) is 44.6 Å². The van der Waals surface area contributed by atoms with E-state index in [1.807, 2.05) is 6.07 Å². The SMILES string of the molecule is COc1nn(C)cc1C(=O)NS1(=O)=NC(=O)c2ccc3c(c2)N(C[C@@H]2CC[C@H]2[C@@H](OC)/C=C\[C@H](F)[C@H](C)C1)C[C@@]1(CCCc2cc(Cl)ccc21)CO3. The van der Waals surface area contributed by atoms with Crippen LogP contribution in [0.4, 0.5) is 10.1 Å². The van der Waals surface area contributed by atoms with Gasteiger partial charge in [0.05, 0.1) is 31.3 Å². The molecule has 2 amide bonds. The van der Waals surface area contributed by atoms with Crippen LogP contribution in [-0.2, 0) is 33.5 Å². The van der Waals surface area contributed by atoms with Gasteiger partial charge in [-0.2, -0.15) is 0 Å². The van der Waals surface area contributed by atoms with Crippen LogP contribution in [0.15, 0.2) is 59.1 Å². The van der Waals surface area contributed by atoms with E-state index >= 15 is 4.39 Å². The number of aryl methyl sites for hydroxylation is 2. The third kappa shape index (κ3) is 7.06. The maximum Gasteiger partial charge on any atom is 0.286 e. The average molecular weight is 754 g/mol. The minimum Gasteiger partial charge on any atom is -0.490 e. The van der Waals surface area contributed by atoms with E-state index in [0.29, 0.717) is 30.5 Å². The summed E-state index contributed by atoms with van der Waals surface area (Å²) in [5.74, 6) is -1.86. The molecule has 2 aliphatic heterocycles. The summed E-state index contributed by atoms with van der Waals surface area (Å²) < 4.78 is 56.1. The summed E-state index contributed by atoms with van der Waals surface area (Å²) in [6, 6.07) is 11.2. The number of amides is 2. The van der Waals surface area contributed by atoms with Crippen molar-refractivity contribution < 1.29 is 32.4 Å². The first kappa shape index (κ1) is 36.4. The number of hydrogen-bond acceptors (Lipinski definition) is 8. The van der Waals surface area contributed by atoms with Gasteiger partial charge in [-0.05, 0) is 85.4 Å². The lowest BCUT2D eigenvalue weighted by atomic mass is 9.68. The van der Waals surface area contributed by atoms with E-state index in [1.54, 1.807) is 45.4 Å². The van der Waals surface area contributed by atoms with Crippen molar-refractivity contribution in [1.82, 2.24) is 14.5 Å². The number of carbonyl (C=O) groups excluding carboxylic acids is 2. The van der Waals surface area contributed by atoms with Gasteiger partial charge in [-0.1, -0.05) is 36.7 Å². The van der Waals surface area contributed by atoms with Gasteiger partial charge < -0.3 is 19.1 Å². The lowest BCUT2D eigenvalue weighted by Gasteiger charge is -2.46. The molecule has 1 unspecified atom stereocenters. The Morgan fingerprint density at radius 3 is 2.75 bits per heavy atom. The van der Waals surface area contributed by atoms with Crippen LogP contribution in [-0.4, -0.2) is 77.7 Å². The summed E-state index contributed by atoms with van der Waals surface area (Å²) in [4.78, 5) is 29.8. The number of fused-ring (bicyclic) bond motifs is 4. The summed E-state index contributed by atoms with van der Waals surface area (Å²) >= 11 is 6.44. The lowest BCUT2D eigenvalue weighted by molar-refractivity contribution is 0.0128. The van der Waals surface area contributed by atoms with Crippen molar-refractivity contribution in [3.63, 3.8) is 0 Å². The van der Waals surface area contributed by atoms with E-state index in [1.165, 1.54) is 35.2 Å². The number of nitrogens with zero attached hydrogens (tertiary/aromatic N) is 4. The van der Waals surface area contributed by atoms with Crippen molar-refractivity contribution in [2.45, 2.75) is 56.7 Å². The van der Waals surface area contributed by atoms with E-state index in [9.17, 15) is 13.8 Å². The van der Waals surface area contributed by atoms with Crippen LogP contribution in [0, 0.1) is 17.8 Å². The van der Waals surface area contributed by atoms with Crippen LogP contribution < -0.4 is 19.1 Å². The predicted octanol–water partition coefficient (Wildman–Crippen LogP) is 6.09. The van der Waals surface area contributed by atoms with Crippen LogP contribution in [0.1, 0.15) is 64.4 Å². The lowest BCUT2D eigenvalue weighted by Crippen LogP contribution is -2.49. The zero-order chi connectivity index (χ0) is 36.8. The first-order valence-corrected chi connectivity index (χ1v) is 19.8. The second-order valence-corrected chi connectivity index (χ2v) is 17.1. The molecule has 0 saturated heterocycles. The second kappa shape index (κ2) is 14.5. The molecule has 2 aromatic carbocycles. The Hall–Kier alpha value is -3.94. The van der Waals surface area contributed by atoms with Gasteiger partial charge in [0.2, 0.25) is 5.88 Å². The fourth-order valence-electron chi connectivity index (χ4n) is 8.30. The number of ether oxygens (including phenoxy) is 3. The standard InChI is InChI=1S/C38H45ClFN5O6S/c1-23-20-52(48,43-36(47)29-19-44(2)41-37(29)50-4)42-35(46)25-8-13-34-32(17-25)45(18-26-7-10-28(26)33(49-3)14-12-31(23)40)21-38(22-51-34)15-5-6-24-16-27(39)9-11-30(24)38/h8-9,11-14,16-17,19,23,26,28,31,33H,5-7,10,15,18,20-22H2,1-4H3,(H,42,43,46,47,48)/b14-12-/t23-,26+,28-,31+,33+,38+,52?/m1/s1. The monoisotopic (exact) mass is 753 g/mol. The third-order valence-corrected chi connectivity index (χ3v) is 13.3. The van der Waals surface area contributed by atoms with Crippen LogP contribution in [0.5, 0.6) is 11.6 Å². The minimum atomic E-state index is -3.87.